The smallest absolute Gasteiger partial charge is 0.193 e. The summed E-state index contributed by atoms with van der Waals surface area (Å²) in [6, 6.07) is 11.2. The van der Waals surface area contributed by atoms with Crippen LogP contribution in [0.25, 0.3) is 0 Å². The number of carbonyl (C=O) groups is 1. The molecule has 0 amide bonds. The quantitative estimate of drug-likeness (QED) is 0.579. The highest BCUT2D eigenvalue weighted by Crippen LogP contribution is 2.15. The molecular formula is C20H19ClF2N2O. The van der Waals surface area contributed by atoms with E-state index in [-0.39, 0.29) is 0 Å². The number of piperazine rings is 1. The Hall–Kier alpha value is -2.24. The SMILES string of the molecule is O=C(/C=C/N1CCN(Cc2cccc(Cl)c2)CC1)c1c(F)cccc1F. The minimum absolute atomic E-state index is 0.511. The fourth-order valence-corrected chi connectivity index (χ4v) is 3.17. The molecule has 3 rings (SSSR count). The Kier molecular flexibility index (Phi) is 6.01. The lowest BCUT2D eigenvalue weighted by molar-refractivity contribution is 0.103. The number of nitrogens with zero attached hydrogens (tertiary/aromatic N) is 2. The predicted octanol–water partition coefficient (Wildman–Crippen LogP) is 4.13. The molecule has 0 saturated carbocycles. The highest BCUT2D eigenvalue weighted by atomic mass is 35.5. The molecule has 1 aliphatic heterocycles. The predicted molar refractivity (Wildman–Crippen MR) is 98.1 cm³/mol. The minimum Gasteiger partial charge on any atom is -0.375 e. The van der Waals surface area contributed by atoms with E-state index in [1.807, 2.05) is 29.2 Å². The summed E-state index contributed by atoms with van der Waals surface area (Å²) in [5.74, 6) is -2.35. The van der Waals surface area contributed by atoms with E-state index in [9.17, 15) is 13.6 Å². The first kappa shape index (κ1) is 18.5. The summed E-state index contributed by atoms with van der Waals surface area (Å²) in [4.78, 5) is 16.3. The van der Waals surface area contributed by atoms with Crippen LogP contribution < -0.4 is 0 Å². The number of allylic oxidation sites excluding steroid dienone is 1. The van der Waals surface area contributed by atoms with Gasteiger partial charge in [0.2, 0.25) is 0 Å². The summed E-state index contributed by atoms with van der Waals surface area (Å²) in [6.07, 6.45) is 2.85. The van der Waals surface area contributed by atoms with Gasteiger partial charge in [0.05, 0.1) is 5.56 Å². The third kappa shape index (κ3) is 4.68. The first-order valence-electron chi connectivity index (χ1n) is 8.40. The Labute approximate surface area is 156 Å². The fraction of sp³-hybridized carbons (Fsp3) is 0.250. The van der Waals surface area contributed by atoms with Crippen molar-refractivity contribution in [3.8, 4) is 0 Å². The molecule has 26 heavy (non-hydrogen) atoms. The molecule has 136 valence electrons. The number of rotatable bonds is 5. The Bertz CT molecular complexity index is 797. The molecule has 6 heteroatoms. The summed E-state index contributed by atoms with van der Waals surface area (Å²) in [7, 11) is 0. The topological polar surface area (TPSA) is 23.6 Å². The van der Waals surface area contributed by atoms with E-state index >= 15 is 0 Å². The van der Waals surface area contributed by atoms with Crippen LogP contribution >= 0.6 is 11.6 Å². The highest BCUT2D eigenvalue weighted by molar-refractivity contribution is 6.30. The minimum atomic E-state index is -0.842. The summed E-state index contributed by atoms with van der Waals surface area (Å²) in [5, 5.41) is 0.725. The number of halogens is 3. The second-order valence-corrected chi connectivity index (χ2v) is 6.66. The lowest BCUT2D eigenvalue weighted by Crippen LogP contribution is -2.43. The molecule has 2 aromatic rings. The van der Waals surface area contributed by atoms with E-state index in [2.05, 4.69) is 4.90 Å². The van der Waals surface area contributed by atoms with Crippen molar-refractivity contribution in [1.29, 1.82) is 0 Å². The maximum Gasteiger partial charge on any atom is 0.193 e. The number of hydrogen-bond acceptors (Lipinski definition) is 3. The molecule has 1 aliphatic rings. The van der Waals surface area contributed by atoms with E-state index in [0.29, 0.717) is 0 Å². The average molecular weight is 377 g/mol. The van der Waals surface area contributed by atoms with Gasteiger partial charge in [-0.05, 0) is 29.8 Å². The summed E-state index contributed by atoms with van der Waals surface area (Å²) >= 11 is 6.01. The molecule has 1 heterocycles. The van der Waals surface area contributed by atoms with Crippen LogP contribution in [0, 0.1) is 11.6 Å². The van der Waals surface area contributed by atoms with Crippen molar-refractivity contribution in [2.75, 3.05) is 26.2 Å². The van der Waals surface area contributed by atoms with E-state index in [1.165, 1.54) is 12.1 Å². The second kappa shape index (κ2) is 8.43. The van der Waals surface area contributed by atoms with Crippen molar-refractivity contribution in [2.24, 2.45) is 0 Å². The van der Waals surface area contributed by atoms with Crippen molar-refractivity contribution in [1.82, 2.24) is 9.80 Å². The van der Waals surface area contributed by atoms with Gasteiger partial charge in [0.25, 0.3) is 0 Å². The van der Waals surface area contributed by atoms with Gasteiger partial charge in [0.15, 0.2) is 5.78 Å². The van der Waals surface area contributed by atoms with Crippen LogP contribution in [0.1, 0.15) is 15.9 Å². The molecule has 0 atom stereocenters. The Morgan fingerprint density at radius 1 is 1.04 bits per heavy atom. The van der Waals surface area contributed by atoms with Crippen molar-refractivity contribution in [2.45, 2.75) is 6.54 Å². The maximum atomic E-state index is 13.6. The molecule has 0 unspecified atom stereocenters. The molecule has 1 saturated heterocycles. The summed E-state index contributed by atoms with van der Waals surface area (Å²) in [5.41, 5.74) is 0.648. The number of ketones is 1. The molecule has 0 aliphatic carbocycles. The molecule has 1 fully saturated rings. The zero-order valence-electron chi connectivity index (χ0n) is 14.2. The molecular weight excluding hydrogens is 358 g/mol. The standard InChI is InChI=1S/C20H19ClF2N2O/c21-16-4-1-3-15(13-16)14-25-11-9-24(10-12-25)8-7-19(26)20-17(22)5-2-6-18(20)23/h1-8,13H,9-12,14H2/b8-7+. The second-order valence-electron chi connectivity index (χ2n) is 6.22. The number of carbonyl (C=O) groups excluding carboxylic acids is 1. The summed E-state index contributed by atoms with van der Waals surface area (Å²) in [6.45, 7) is 3.96. The van der Waals surface area contributed by atoms with Gasteiger partial charge in [-0.3, -0.25) is 9.69 Å². The highest BCUT2D eigenvalue weighted by Gasteiger charge is 2.17. The average Bonchev–Trinajstić information content (AvgIpc) is 2.61. The third-order valence-electron chi connectivity index (χ3n) is 4.35. The van der Waals surface area contributed by atoms with Gasteiger partial charge in [-0.25, -0.2) is 8.78 Å². The largest absolute Gasteiger partial charge is 0.375 e. The van der Waals surface area contributed by atoms with E-state index in [0.717, 1.165) is 55.4 Å². The zero-order chi connectivity index (χ0) is 18.5. The van der Waals surface area contributed by atoms with Gasteiger partial charge in [-0.1, -0.05) is 29.8 Å². The van der Waals surface area contributed by atoms with Crippen molar-refractivity contribution in [3.63, 3.8) is 0 Å². The summed E-state index contributed by atoms with van der Waals surface area (Å²) < 4.78 is 27.3. The lowest BCUT2D eigenvalue weighted by atomic mass is 10.1. The maximum absolute atomic E-state index is 13.6. The first-order valence-corrected chi connectivity index (χ1v) is 8.78. The lowest BCUT2D eigenvalue weighted by Gasteiger charge is -2.34. The van der Waals surface area contributed by atoms with E-state index < -0.39 is 23.0 Å². The van der Waals surface area contributed by atoms with Crippen molar-refractivity contribution in [3.05, 3.63) is 82.5 Å². The monoisotopic (exact) mass is 376 g/mol. The van der Waals surface area contributed by atoms with E-state index in [1.54, 1.807) is 6.20 Å². The van der Waals surface area contributed by atoms with Crippen LogP contribution in [0.4, 0.5) is 8.78 Å². The third-order valence-corrected chi connectivity index (χ3v) is 4.58. The van der Waals surface area contributed by atoms with Crippen LogP contribution in [-0.2, 0) is 6.54 Å². The van der Waals surface area contributed by atoms with Crippen LogP contribution in [0.15, 0.2) is 54.7 Å². The van der Waals surface area contributed by atoms with Gasteiger partial charge in [-0.15, -0.1) is 0 Å². The van der Waals surface area contributed by atoms with Crippen LogP contribution in [-0.4, -0.2) is 41.8 Å². The molecule has 0 radical (unpaired) electrons. The molecule has 0 bridgehead atoms. The molecule has 0 aromatic heterocycles. The zero-order valence-corrected chi connectivity index (χ0v) is 14.9. The van der Waals surface area contributed by atoms with E-state index in [4.69, 9.17) is 11.6 Å². The normalized spacial score (nSPS) is 15.6. The van der Waals surface area contributed by atoms with Gasteiger partial charge < -0.3 is 4.90 Å². The molecule has 0 N–H and O–H groups in total. The molecule has 2 aromatic carbocycles. The number of benzene rings is 2. The van der Waals surface area contributed by atoms with Crippen molar-refractivity contribution < 1.29 is 13.6 Å². The molecule has 0 spiro atoms. The Morgan fingerprint density at radius 2 is 1.69 bits per heavy atom. The van der Waals surface area contributed by atoms with Crippen LogP contribution in [0.3, 0.4) is 0 Å². The van der Waals surface area contributed by atoms with Gasteiger partial charge in [0, 0.05) is 50.0 Å². The Morgan fingerprint density at radius 3 is 2.35 bits per heavy atom. The van der Waals surface area contributed by atoms with Gasteiger partial charge >= 0.3 is 0 Å². The fourth-order valence-electron chi connectivity index (χ4n) is 2.95. The van der Waals surface area contributed by atoms with Crippen LogP contribution in [0.2, 0.25) is 5.02 Å². The first-order chi connectivity index (χ1) is 12.5. The van der Waals surface area contributed by atoms with Gasteiger partial charge in [0.1, 0.15) is 11.6 Å². The Balaban J connectivity index is 1.53. The number of hydrogen-bond donors (Lipinski definition) is 0. The molecule has 3 nitrogen and oxygen atoms in total. The van der Waals surface area contributed by atoms with Crippen molar-refractivity contribution >= 4 is 17.4 Å². The van der Waals surface area contributed by atoms with Gasteiger partial charge in [-0.2, -0.15) is 0 Å². The van der Waals surface area contributed by atoms with Crippen LogP contribution in [0.5, 0.6) is 0 Å².